The van der Waals surface area contributed by atoms with Crippen LogP contribution in [0.3, 0.4) is 0 Å². The van der Waals surface area contributed by atoms with Gasteiger partial charge in [-0.3, -0.25) is 9.59 Å². The zero-order valence-electron chi connectivity index (χ0n) is 18.5. The lowest BCUT2D eigenvalue weighted by Crippen LogP contribution is -2.27. The van der Waals surface area contributed by atoms with E-state index in [4.69, 9.17) is 4.74 Å². The summed E-state index contributed by atoms with van der Waals surface area (Å²) >= 11 is 0. The van der Waals surface area contributed by atoms with Gasteiger partial charge in [-0.1, -0.05) is 0 Å². The standard InChI is InChI=1S/C23H20F4N4O4/c1-13(15-9-10-28-19(11-15)30-14(2)32)29-21(33)18-7-8-20(34-12-23(25,26)27)31-22(18)35-17-5-3-16(24)4-6-17/h3-11,13H,12H2,1-2H3,(H,29,33)(H,28,30,32). The highest BCUT2D eigenvalue weighted by atomic mass is 19.4. The topological polar surface area (TPSA) is 102 Å². The third kappa shape index (κ3) is 7.66. The Labute approximate surface area is 197 Å². The third-order valence-electron chi connectivity index (χ3n) is 4.43. The molecule has 0 bridgehead atoms. The minimum absolute atomic E-state index is 0.100. The van der Waals surface area contributed by atoms with Gasteiger partial charge in [0.15, 0.2) is 6.61 Å². The molecule has 0 radical (unpaired) electrons. The number of alkyl halides is 3. The first kappa shape index (κ1) is 25.4. The summed E-state index contributed by atoms with van der Waals surface area (Å²) in [5.41, 5.74) is 0.521. The Morgan fingerprint density at radius 3 is 2.46 bits per heavy atom. The minimum Gasteiger partial charge on any atom is -0.468 e. The Kier molecular flexibility index (Phi) is 7.84. The summed E-state index contributed by atoms with van der Waals surface area (Å²) in [6.45, 7) is 1.42. The van der Waals surface area contributed by atoms with Crippen LogP contribution in [0.1, 0.15) is 35.8 Å². The first-order valence-electron chi connectivity index (χ1n) is 10.2. The van der Waals surface area contributed by atoms with Gasteiger partial charge in [0.05, 0.1) is 6.04 Å². The lowest BCUT2D eigenvalue weighted by molar-refractivity contribution is -0.154. The Bertz CT molecular complexity index is 1200. The van der Waals surface area contributed by atoms with Gasteiger partial charge in [0.1, 0.15) is 22.9 Å². The second-order valence-corrected chi connectivity index (χ2v) is 7.31. The number of nitrogens with zero attached hydrogens (tertiary/aromatic N) is 2. The van der Waals surface area contributed by atoms with Crippen LogP contribution in [0.2, 0.25) is 0 Å². The van der Waals surface area contributed by atoms with E-state index in [9.17, 15) is 27.2 Å². The first-order chi connectivity index (χ1) is 16.5. The van der Waals surface area contributed by atoms with E-state index < -0.39 is 36.4 Å². The number of hydrogen-bond acceptors (Lipinski definition) is 6. The molecule has 1 atom stereocenters. The number of amides is 2. The molecule has 0 aliphatic heterocycles. The second-order valence-electron chi connectivity index (χ2n) is 7.31. The number of rotatable bonds is 8. The van der Waals surface area contributed by atoms with E-state index >= 15 is 0 Å². The monoisotopic (exact) mass is 492 g/mol. The molecule has 2 amide bonds. The molecule has 12 heteroatoms. The molecular formula is C23H20F4N4O4. The molecule has 35 heavy (non-hydrogen) atoms. The van der Waals surface area contributed by atoms with Gasteiger partial charge >= 0.3 is 6.18 Å². The number of carbonyl (C=O) groups excluding carboxylic acids is 2. The van der Waals surface area contributed by atoms with Gasteiger partial charge in [-0.25, -0.2) is 9.37 Å². The van der Waals surface area contributed by atoms with E-state index in [0.29, 0.717) is 11.4 Å². The Hall–Kier alpha value is -4.22. The molecule has 0 saturated carbocycles. The van der Waals surface area contributed by atoms with Crippen LogP contribution in [0.25, 0.3) is 0 Å². The van der Waals surface area contributed by atoms with Crippen molar-refractivity contribution in [2.75, 3.05) is 11.9 Å². The van der Waals surface area contributed by atoms with Crippen molar-refractivity contribution in [3.8, 4) is 17.5 Å². The molecule has 8 nitrogen and oxygen atoms in total. The van der Waals surface area contributed by atoms with Gasteiger partial charge in [0.2, 0.25) is 17.7 Å². The number of hydrogen-bond donors (Lipinski definition) is 2. The van der Waals surface area contributed by atoms with Crippen LogP contribution in [0.4, 0.5) is 23.4 Å². The minimum atomic E-state index is -4.59. The molecule has 0 fully saturated rings. The summed E-state index contributed by atoms with van der Waals surface area (Å²) < 4.78 is 61.0. The smallest absolute Gasteiger partial charge is 0.422 e. The van der Waals surface area contributed by atoms with Gasteiger partial charge in [-0.2, -0.15) is 18.2 Å². The maximum atomic E-state index is 13.2. The number of carbonyl (C=O) groups is 2. The Morgan fingerprint density at radius 1 is 1.09 bits per heavy atom. The van der Waals surface area contributed by atoms with E-state index in [1.165, 1.54) is 31.3 Å². The van der Waals surface area contributed by atoms with Crippen LogP contribution in [0.5, 0.6) is 17.5 Å². The van der Waals surface area contributed by atoms with Crippen LogP contribution in [-0.2, 0) is 4.79 Å². The number of ether oxygens (including phenoxy) is 2. The van der Waals surface area contributed by atoms with Gasteiger partial charge in [-0.15, -0.1) is 0 Å². The van der Waals surface area contributed by atoms with Crippen molar-refractivity contribution >= 4 is 17.6 Å². The van der Waals surface area contributed by atoms with Crippen molar-refractivity contribution in [1.82, 2.24) is 15.3 Å². The predicted molar refractivity (Wildman–Crippen MR) is 117 cm³/mol. The number of nitrogens with one attached hydrogen (secondary N) is 2. The van der Waals surface area contributed by atoms with Gasteiger partial charge in [0.25, 0.3) is 5.91 Å². The zero-order chi connectivity index (χ0) is 25.6. The fourth-order valence-corrected chi connectivity index (χ4v) is 2.85. The van der Waals surface area contributed by atoms with E-state index in [0.717, 1.165) is 18.2 Å². The van der Waals surface area contributed by atoms with Crippen LogP contribution in [0.15, 0.2) is 54.7 Å². The van der Waals surface area contributed by atoms with Crippen molar-refractivity contribution in [1.29, 1.82) is 0 Å². The number of anilines is 1. The Balaban J connectivity index is 1.84. The van der Waals surface area contributed by atoms with E-state index in [-0.39, 0.29) is 23.1 Å². The molecule has 1 aromatic carbocycles. The lowest BCUT2D eigenvalue weighted by atomic mass is 10.1. The van der Waals surface area contributed by atoms with Crippen LogP contribution in [-0.4, -0.2) is 34.6 Å². The predicted octanol–water partition coefficient (Wildman–Crippen LogP) is 4.80. The fraction of sp³-hybridized carbons (Fsp3) is 0.217. The maximum Gasteiger partial charge on any atom is 0.422 e. The van der Waals surface area contributed by atoms with E-state index in [2.05, 4.69) is 25.3 Å². The summed E-state index contributed by atoms with van der Waals surface area (Å²) in [6, 6.07) is 9.72. The highest BCUT2D eigenvalue weighted by Gasteiger charge is 2.29. The van der Waals surface area contributed by atoms with Crippen LogP contribution >= 0.6 is 0 Å². The molecule has 0 spiro atoms. The Morgan fingerprint density at radius 2 is 1.80 bits per heavy atom. The number of pyridine rings is 2. The second kappa shape index (κ2) is 10.8. The number of halogens is 4. The SMILES string of the molecule is CC(=O)Nc1cc(C(C)NC(=O)c2ccc(OCC(F)(F)F)nc2Oc2ccc(F)cc2)ccn1. The fourth-order valence-electron chi connectivity index (χ4n) is 2.85. The van der Waals surface area contributed by atoms with Crippen molar-refractivity contribution in [3.63, 3.8) is 0 Å². The molecular weight excluding hydrogens is 472 g/mol. The largest absolute Gasteiger partial charge is 0.468 e. The average molecular weight is 492 g/mol. The molecule has 1 unspecified atom stereocenters. The average Bonchev–Trinajstić information content (AvgIpc) is 2.78. The summed E-state index contributed by atoms with van der Waals surface area (Å²) in [5, 5.41) is 5.26. The molecule has 0 saturated heterocycles. The van der Waals surface area contributed by atoms with Crippen molar-refractivity contribution in [2.24, 2.45) is 0 Å². The molecule has 2 heterocycles. The molecule has 184 valence electrons. The van der Waals surface area contributed by atoms with Gasteiger partial charge in [0, 0.05) is 19.2 Å². The van der Waals surface area contributed by atoms with Crippen molar-refractivity contribution in [3.05, 3.63) is 71.7 Å². The van der Waals surface area contributed by atoms with E-state index in [1.54, 1.807) is 19.1 Å². The molecule has 3 aromatic rings. The van der Waals surface area contributed by atoms with Crippen molar-refractivity contribution in [2.45, 2.75) is 26.1 Å². The summed E-state index contributed by atoms with van der Waals surface area (Å²) in [7, 11) is 0. The highest BCUT2D eigenvalue weighted by molar-refractivity contribution is 5.96. The van der Waals surface area contributed by atoms with Crippen LogP contribution < -0.4 is 20.1 Å². The third-order valence-corrected chi connectivity index (χ3v) is 4.43. The van der Waals surface area contributed by atoms with Gasteiger partial charge < -0.3 is 20.1 Å². The molecule has 3 rings (SSSR count). The lowest BCUT2D eigenvalue weighted by Gasteiger charge is -2.17. The van der Waals surface area contributed by atoms with Gasteiger partial charge in [-0.05, 0) is 55.0 Å². The van der Waals surface area contributed by atoms with E-state index in [1.807, 2.05) is 0 Å². The van der Waals surface area contributed by atoms with Crippen LogP contribution in [0, 0.1) is 5.82 Å². The number of aromatic nitrogens is 2. The van der Waals surface area contributed by atoms with Crippen molar-refractivity contribution < 1.29 is 36.6 Å². The maximum absolute atomic E-state index is 13.2. The quantitative estimate of drug-likeness (QED) is 0.438. The normalized spacial score (nSPS) is 11.9. The summed E-state index contributed by atoms with van der Waals surface area (Å²) in [5.74, 6) is -1.86. The highest BCUT2D eigenvalue weighted by Crippen LogP contribution is 2.28. The molecule has 0 aliphatic carbocycles. The number of benzene rings is 1. The molecule has 0 aliphatic rings. The summed E-state index contributed by atoms with van der Waals surface area (Å²) in [4.78, 5) is 32.1. The zero-order valence-corrected chi connectivity index (χ0v) is 18.5. The first-order valence-corrected chi connectivity index (χ1v) is 10.2. The molecule has 2 aromatic heterocycles. The molecule has 2 N–H and O–H groups in total. The summed E-state index contributed by atoms with van der Waals surface area (Å²) in [6.07, 6.45) is -3.13.